The standard InChI is InChI=1S/C15H13ClN2O4/c16-11-4-3-10(13-9(11)2-1-5-17-13)14(19)18-6-7-22-12(8-18)15(20)21/h1-5,12H,6-8H2,(H,20,21)/t12-/m0/s1. The summed E-state index contributed by atoms with van der Waals surface area (Å²) in [6.45, 7) is 0.562. The number of morpholine rings is 1. The SMILES string of the molecule is O=C(O)[C@@H]1CN(C(=O)c2ccc(Cl)c3cccnc23)CCO1. The maximum atomic E-state index is 12.7. The Morgan fingerprint density at radius 3 is 2.95 bits per heavy atom. The molecule has 1 fully saturated rings. The van der Waals surface area contributed by atoms with Crippen molar-refractivity contribution in [2.24, 2.45) is 0 Å². The average molecular weight is 321 g/mol. The minimum Gasteiger partial charge on any atom is -0.479 e. The molecule has 6 nitrogen and oxygen atoms in total. The van der Waals surface area contributed by atoms with Gasteiger partial charge in [0, 0.05) is 18.1 Å². The van der Waals surface area contributed by atoms with Gasteiger partial charge in [0.25, 0.3) is 5.91 Å². The number of hydrogen-bond donors (Lipinski definition) is 1. The van der Waals surface area contributed by atoms with E-state index in [0.29, 0.717) is 28.0 Å². The smallest absolute Gasteiger partial charge is 0.334 e. The number of carbonyl (C=O) groups excluding carboxylic acids is 1. The van der Waals surface area contributed by atoms with Crippen LogP contribution in [0.2, 0.25) is 5.02 Å². The zero-order chi connectivity index (χ0) is 15.7. The molecular formula is C15H13ClN2O4. The Kier molecular flexibility index (Phi) is 3.96. The number of ether oxygens (including phenoxy) is 1. The third-order valence-corrected chi connectivity index (χ3v) is 3.91. The first-order valence-corrected chi connectivity index (χ1v) is 7.12. The molecule has 0 bridgehead atoms. The van der Waals surface area contributed by atoms with E-state index in [4.69, 9.17) is 21.4 Å². The highest BCUT2D eigenvalue weighted by Crippen LogP contribution is 2.26. The molecule has 1 aliphatic heterocycles. The third-order valence-electron chi connectivity index (χ3n) is 3.58. The van der Waals surface area contributed by atoms with Gasteiger partial charge in [-0.25, -0.2) is 4.79 Å². The van der Waals surface area contributed by atoms with Gasteiger partial charge in [-0.3, -0.25) is 9.78 Å². The van der Waals surface area contributed by atoms with Crippen LogP contribution in [0.4, 0.5) is 0 Å². The number of carbonyl (C=O) groups is 2. The largest absolute Gasteiger partial charge is 0.479 e. The molecule has 3 rings (SSSR count). The van der Waals surface area contributed by atoms with Crippen molar-refractivity contribution in [2.75, 3.05) is 19.7 Å². The van der Waals surface area contributed by atoms with Crippen LogP contribution >= 0.6 is 11.6 Å². The Morgan fingerprint density at radius 2 is 2.18 bits per heavy atom. The van der Waals surface area contributed by atoms with E-state index in [9.17, 15) is 9.59 Å². The number of halogens is 1. The predicted octanol–water partition coefficient (Wildman–Crippen LogP) is 1.81. The Labute approximate surface area is 131 Å². The summed E-state index contributed by atoms with van der Waals surface area (Å²) in [6.07, 6.45) is 0.596. The molecule has 2 aromatic rings. The molecular weight excluding hydrogens is 308 g/mol. The fourth-order valence-corrected chi connectivity index (χ4v) is 2.68. The fraction of sp³-hybridized carbons (Fsp3) is 0.267. The van der Waals surface area contributed by atoms with E-state index in [-0.39, 0.29) is 19.1 Å². The van der Waals surface area contributed by atoms with Crippen LogP contribution in [0.1, 0.15) is 10.4 Å². The number of amides is 1. The van der Waals surface area contributed by atoms with Crippen molar-refractivity contribution in [3.8, 4) is 0 Å². The normalized spacial score (nSPS) is 18.4. The van der Waals surface area contributed by atoms with Crippen molar-refractivity contribution in [1.82, 2.24) is 9.88 Å². The maximum absolute atomic E-state index is 12.7. The fourth-order valence-electron chi connectivity index (χ4n) is 2.46. The van der Waals surface area contributed by atoms with Gasteiger partial charge in [0.05, 0.1) is 29.3 Å². The predicted molar refractivity (Wildman–Crippen MR) is 80.0 cm³/mol. The zero-order valence-electron chi connectivity index (χ0n) is 11.5. The van der Waals surface area contributed by atoms with Crippen molar-refractivity contribution in [1.29, 1.82) is 0 Å². The number of fused-ring (bicyclic) bond motifs is 1. The van der Waals surface area contributed by atoms with Crippen LogP contribution in [0, 0.1) is 0 Å². The third kappa shape index (κ3) is 2.63. The van der Waals surface area contributed by atoms with E-state index >= 15 is 0 Å². The molecule has 0 unspecified atom stereocenters. The van der Waals surface area contributed by atoms with Gasteiger partial charge in [-0.15, -0.1) is 0 Å². The van der Waals surface area contributed by atoms with Gasteiger partial charge in [-0.05, 0) is 24.3 Å². The number of aliphatic carboxylic acids is 1. The monoisotopic (exact) mass is 320 g/mol. The van der Waals surface area contributed by atoms with E-state index < -0.39 is 12.1 Å². The minimum absolute atomic E-state index is 0.0190. The number of aromatic nitrogens is 1. The topological polar surface area (TPSA) is 79.7 Å². The second-order valence-corrected chi connectivity index (χ2v) is 5.35. The van der Waals surface area contributed by atoms with E-state index in [1.54, 1.807) is 30.5 Å². The number of carboxylic acids is 1. The molecule has 1 aromatic heterocycles. The summed E-state index contributed by atoms with van der Waals surface area (Å²) < 4.78 is 5.13. The lowest BCUT2D eigenvalue weighted by Gasteiger charge is -2.31. The van der Waals surface area contributed by atoms with Gasteiger partial charge in [-0.2, -0.15) is 0 Å². The van der Waals surface area contributed by atoms with Crippen LogP contribution < -0.4 is 0 Å². The molecule has 7 heteroatoms. The van der Waals surface area contributed by atoms with Crippen molar-refractivity contribution in [2.45, 2.75) is 6.10 Å². The Morgan fingerprint density at radius 1 is 1.36 bits per heavy atom. The van der Waals surface area contributed by atoms with Crippen LogP contribution in [-0.2, 0) is 9.53 Å². The lowest BCUT2D eigenvalue weighted by Crippen LogP contribution is -2.48. The first-order valence-electron chi connectivity index (χ1n) is 6.75. The molecule has 1 N–H and O–H groups in total. The lowest BCUT2D eigenvalue weighted by atomic mass is 10.1. The molecule has 1 atom stereocenters. The molecule has 1 saturated heterocycles. The highest BCUT2D eigenvalue weighted by atomic mass is 35.5. The first kappa shape index (κ1) is 14.7. The number of benzene rings is 1. The second kappa shape index (κ2) is 5.90. The molecule has 0 spiro atoms. The molecule has 114 valence electrons. The Hall–Kier alpha value is -2.18. The van der Waals surface area contributed by atoms with Crippen LogP contribution in [0.15, 0.2) is 30.5 Å². The van der Waals surface area contributed by atoms with Crippen LogP contribution in [0.25, 0.3) is 10.9 Å². The highest BCUT2D eigenvalue weighted by molar-refractivity contribution is 6.36. The maximum Gasteiger partial charge on any atom is 0.334 e. The number of carboxylic acid groups (broad SMARTS) is 1. The quantitative estimate of drug-likeness (QED) is 0.913. The minimum atomic E-state index is -1.07. The summed E-state index contributed by atoms with van der Waals surface area (Å²) in [5.41, 5.74) is 0.921. The van der Waals surface area contributed by atoms with E-state index in [1.165, 1.54) is 4.90 Å². The zero-order valence-corrected chi connectivity index (χ0v) is 12.3. The molecule has 1 aromatic carbocycles. The second-order valence-electron chi connectivity index (χ2n) is 4.94. The Bertz CT molecular complexity index is 749. The first-order chi connectivity index (χ1) is 10.6. The van der Waals surface area contributed by atoms with Crippen LogP contribution in [0.5, 0.6) is 0 Å². The molecule has 22 heavy (non-hydrogen) atoms. The van der Waals surface area contributed by atoms with Crippen molar-refractivity contribution >= 4 is 34.4 Å². The number of pyridine rings is 1. The molecule has 1 aliphatic rings. The summed E-state index contributed by atoms with van der Waals surface area (Å²) in [5, 5.41) is 10.2. The molecule has 0 aliphatic carbocycles. The van der Waals surface area contributed by atoms with E-state index in [1.807, 2.05) is 0 Å². The lowest BCUT2D eigenvalue weighted by molar-refractivity contribution is -0.154. The highest BCUT2D eigenvalue weighted by Gasteiger charge is 2.30. The van der Waals surface area contributed by atoms with Gasteiger partial charge >= 0.3 is 5.97 Å². The molecule has 0 radical (unpaired) electrons. The van der Waals surface area contributed by atoms with Gasteiger partial charge in [-0.1, -0.05) is 11.6 Å². The van der Waals surface area contributed by atoms with Crippen LogP contribution in [-0.4, -0.2) is 52.7 Å². The van der Waals surface area contributed by atoms with Gasteiger partial charge < -0.3 is 14.7 Å². The molecule has 0 saturated carbocycles. The van der Waals surface area contributed by atoms with E-state index in [2.05, 4.69) is 4.98 Å². The molecule has 2 heterocycles. The van der Waals surface area contributed by atoms with Gasteiger partial charge in [0.15, 0.2) is 6.10 Å². The van der Waals surface area contributed by atoms with E-state index in [0.717, 1.165) is 0 Å². The summed E-state index contributed by atoms with van der Waals surface area (Å²) in [7, 11) is 0. The number of rotatable bonds is 2. The summed E-state index contributed by atoms with van der Waals surface area (Å²) in [6, 6.07) is 6.80. The van der Waals surface area contributed by atoms with Crippen LogP contribution in [0.3, 0.4) is 0 Å². The average Bonchev–Trinajstić information content (AvgIpc) is 2.55. The number of nitrogens with zero attached hydrogens (tertiary/aromatic N) is 2. The summed E-state index contributed by atoms with van der Waals surface area (Å²) in [5.74, 6) is -1.34. The molecule has 1 amide bonds. The van der Waals surface area contributed by atoms with Crippen molar-refractivity contribution in [3.05, 3.63) is 41.0 Å². The Balaban J connectivity index is 1.96. The van der Waals surface area contributed by atoms with Crippen molar-refractivity contribution < 1.29 is 19.4 Å². The number of hydrogen-bond acceptors (Lipinski definition) is 4. The van der Waals surface area contributed by atoms with Crippen molar-refractivity contribution in [3.63, 3.8) is 0 Å². The summed E-state index contributed by atoms with van der Waals surface area (Å²) >= 11 is 6.12. The van der Waals surface area contributed by atoms with Gasteiger partial charge in [0.2, 0.25) is 0 Å². The van der Waals surface area contributed by atoms with Gasteiger partial charge in [0.1, 0.15) is 0 Å². The summed E-state index contributed by atoms with van der Waals surface area (Å²) in [4.78, 5) is 29.4.